The average molecular weight is 192 g/mol. The van der Waals surface area contributed by atoms with E-state index in [1.807, 2.05) is 0 Å². The number of hydrogen-bond donors (Lipinski definition) is 1. The van der Waals surface area contributed by atoms with Crippen LogP contribution in [0.5, 0.6) is 0 Å². The summed E-state index contributed by atoms with van der Waals surface area (Å²) in [6, 6.07) is 0. The van der Waals surface area contributed by atoms with Crippen molar-refractivity contribution in [2.24, 2.45) is 0 Å². The first-order chi connectivity index (χ1) is 5.62. The summed E-state index contributed by atoms with van der Waals surface area (Å²) in [6.45, 7) is 6.00. The van der Waals surface area contributed by atoms with E-state index >= 15 is 0 Å². The van der Waals surface area contributed by atoms with Gasteiger partial charge in [0.05, 0.1) is 5.75 Å². The highest BCUT2D eigenvalue weighted by Gasteiger charge is 2.03. The zero-order valence-corrected chi connectivity index (χ0v) is 8.49. The van der Waals surface area contributed by atoms with Crippen molar-refractivity contribution < 1.29 is 8.42 Å². The molecule has 0 spiro atoms. The highest BCUT2D eigenvalue weighted by molar-refractivity contribution is 7.89. The third-order valence-corrected chi connectivity index (χ3v) is 2.80. The molecule has 0 aliphatic carbocycles. The summed E-state index contributed by atoms with van der Waals surface area (Å²) in [5.41, 5.74) is 0. The lowest BCUT2D eigenvalue weighted by Gasteiger charge is -2.02. The van der Waals surface area contributed by atoms with Crippen molar-refractivity contribution in [1.82, 2.24) is 4.72 Å². The van der Waals surface area contributed by atoms with Gasteiger partial charge in [0.2, 0.25) is 10.0 Å². The van der Waals surface area contributed by atoms with Gasteiger partial charge in [-0.05, 0) is 13.3 Å². The Labute approximate surface area is 75.6 Å². The molecule has 3 nitrogen and oxygen atoms in total. The molecule has 0 bridgehead atoms. The van der Waals surface area contributed by atoms with Crippen LogP contribution in [-0.2, 0) is 10.0 Å². The summed E-state index contributed by atoms with van der Waals surface area (Å²) >= 11 is 0. The molecule has 1 radical (unpaired) electrons. The Hall–Kier alpha value is -0.0900. The molecule has 73 valence electrons. The van der Waals surface area contributed by atoms with Crippen LogP contribution in [0.1, 0.15) is 32.6 Å². The topological polar surface area (TPSA) is 46.2 Å². The fourth-order valence-electron chi connectivity index (χ4n) is 0.852. The molecule has 0 saturated carbocycles. The lowest BCUT2D eigenvalue weighted by atomic mass is 10.2. The first-order valence-corrected chi connectivity index (χ1v) is 6.04. The van der Waals surface area contributed by atoms with E-state index in [2.05, 4.69) is 18.6 Å². The van der Waals surface area contributed by atoms with Crippen LogP contribution < -0.4 is 4.72 Å². The molecule has 0 atom stereocenters. The molecular weight excluding hydrogens is 174 g/mol. The zero-order valence-electron chi connectivity index (χ0n) is 7.67. The van der Waals surface area contributed by atoms with Gasteiger partial charge in [-0.2, -0.15) is 0 Å². The van der Waals surface area contributed by atoms with E-state index in [0.29, 0.717) is 6.54 Å². The molecule has 0 amide bonds. The molecule has 0 aromatic heterocycles. The van der Waals surface area contributed by atoms with Crippen molar-refractivity contribution in [2.45, 2.75) is 32.6 Å². The number of sulfonamides is 1. The standard InChI is InChI=1S/C8H18NO2S/c1-3-5-6-7-8-9-12(10,11)4-2/h9H,2-8H2,1H3. The Morgan fingerprint density at radius 3 is 2.42 bits per heavy atom. The largest absolute Gasteiger partial charge is 0.215 e. The minimum atomic E-state index is -3.07. The fraction of sp³-hybridized carbons (Fsp3) is 0.875. The van der Waals surface area contributed by atoms with E-state index in [1.165, 1.54) is 12.8 Å². The summed E-state index contributed by atoms with van der Waals surface area (Å²) in [5.74, 6) is -0.0687. The molecule has 0 unspecified atom stereocenters. The summed E-state index contributed by atoms with van der Waals surface area (Å²) in [4.78, 5) is 0. The van der Waals surface area contributed by atoms with Gasteiger partial charge in [0.15, 0.2) is 0 Å². The molecule has 0 saturated heterocycles. The molecule has 0 aliphatic heterocycles. The van der Waals surface area contributed by atoms with Gasteiger partial charge in [0.25, 0.3) is 0 Å². The summed E-state index contributed by atoms with van der Waals surface area (Å²) in [6.07, 6.45) is 4.36. The molecule has 0 rings (SSSR count). The Bertz CT molecular complexity index is 187. The Morgan fingerprint density at radius 1 is 1.25 bits per heavy atom. The van der Waals surface area contributed by atoms with Gasteiger partial charge in [-0.1, -0.05) is 26.2 Å². The minimum absolute atomic E-state index is 0.0687. The third kappa shape index (κ3) is 6.61. The molecule has 12 heavy (non-hydrogen) atoms. The Kier molecular flexibility index (Phi) is 6.38. The maximum Gasteiger partial charge on any atom is 0.211 e. The first kappa shape index (κ1) is 11.9. The maximum absolute atomic E-state index is 10.9. The van der Waals surface area contributed by atoms with Crippen LogP contribution in [0, 0.1) is 6.92 Å². The zero-order chi connectivity index (χ0) is 9.45. The minimum Gasteiger partial charge on any atom is -0.215 e. The van der Waals surface area contributed by atoms with Gasteiger partial charge in [0, 0.05) is 6.54 Å². The molecule has 0 heterocycles. The average Bonchev–Trinajstić information content (AvgIpc) is 2.04. The Balaban J connectivity index is 3.32. The second-order valence-electron chi connectivity index (χ2n) is 2.77. The Morgan fingerprint density at radius 2 is 1.92 bits per heavy atom. The monoisotopic (exact) mass is 192 g/mol. The van der Waals surface area contributed by atoms with Gasteiger partial charge >= 0.3 is 0 Å². The molecule has 1 N–H and O–H groups in total. The third-order valence-electron chi connectivity index (χ3n) is 1.62. The van der Waals surface area contributed by atoms with Crippen molar-refractivity contribution in [2.75, 3.05) is 12.3 Å². The smallest absolute Gasteiger partial charge is 0.211 e. The summed E-state index contributed by atoms with van der Waals surface area (Å²) < 4.78 is 24.2. The van der Waals surface area contributed by atoms with Gasteiger partial charge in [-0.15, -0.1) is 0 Å². The lowest BCUT2D eigenvalue weighted by Crippen LogP contribution is -2.26. The first-order valence-electron chi connectivity index (χ1n) is 4.39. The van der Waals surface area contributed by atoms with Crippen LogP contribution in [-0.4, -0.2) is 20.7 Å². The van der Waals surface area contributed by atoms with E-state index in [9.17, 15) is 8.42 Å². The van der Waals surface area contributed by atoms with Crippen molar-refractivity contribution in [1.29, 1.82) is 0 Å². The number of hydrogen-bond acceptors (Lipinski definition) is 2. The second-order valence-corrected chi connectivity index (χ2v) is 4.70. The van der Waals surface area contributed by atoms with Crippen LogP contribution in [0.3, 0.4) is 0 Å². The van der Waals surface area contributed by atoms with Crippen LogP contribution >= 0.6 is 0 Å². The maximum atomic E-state index is 10.9. The van der Waals surface area contributed by atoms with Crippen molar-refractivity contribution in [3.05, 3.63) is 6.92 Å². The van der Waals surface area contributed by atoms with Gasteiger partial charge in [-0.25, -0.2) is 13.1 Å². The van der Waals surface area contributed by atoms with Crippen LogP contribution in [0.25, 0.3) is 0 Å². The molecule has 0 fully saturated rings. The SMILES string of the molecule is [CH2]CS(=O)(=O)NCCCCCC. The normalized spacial score (nSPS) is 11.8. The van der Waals surface area contributed by atoms with Crippen LogP contribution in [0.4, 0.5) is 0 Å². The van der Waals surface area contributed by atoms with Crippen molar-refractivity contribution >= 4 is 10.0 Å². The lowest BCUT2D eigenvalue weighted by molar-refractivity contribution is 0.576. The molecule has 0 aromatic rings. The van der Waals surface area contributed by atoms with Gasteiger partial charge < -0.3 is 0 Å². The van der Waals surface area contributed by atoms with E-state index in [1.54, 1.807) is 0 Å². The number of unbranched alkanes of at least 4 members (excludes halogenated alkanes) is 3. The summed E-state index contributed by atoms with van der Waals surface area (Å²) in [5, 5.41) is 0. The molecule has 0 aromatic carbocycles. The predicted molar refractivity (Wildman–Crippen MR) is 51.3 cm³/mol. The molecule has 4 heteroatoms. The van der Waals surface area contributed by atoms with E-state index < -0.39 is 10.0 Å². The van der Waals surface area contributed by atoms with E-state index in [-0.39, 0.29) is 5.75 Å². The fourth-order valence-corrected chi connectivity index (χ4v) is 1.45. The van der Waals surface area contributed by atoms with Crippen LogP contribution in [0.2, 0.25) is 0 Å². The highest BCUT2D eigenvalue weighted by Crippen LogP contribution is 1.97. The second kappa shape index (κ2) is 6.43. The predicted octanol–water partition coefficient (Wildman–Crippen LogP) is 1.32. The molecule has 0 aliphatic rings. The van der Waals surface area contributed by atoms with Gasteiger partial charge in [0.1, 0.15) is 0 Å². The number of rotatable bonds is 7. The van der Waals surface area contributed by atoms with E-state index in [4.69, 9.17) is 0 Å². The number of nitrogens with one attached hydrogen (secondary N) is 1. The van der Waals surface area contributed by atoms with Crippen LogP contribution in [0.15, 0.2) is 0 Å². The van der Waals surface area contributed by atoms with Gasteiger partial charge in [-0.3, -0.25) is 0 Å². The quantitative estimate of drug-likeness (QED) is 0.618. The molecular formula is C8H18NO2S. The van der Waals surface area contributed by atoms with E-state index in [0.717, 1.165) is 12.8 Å². The highest BCUT2D eigenvalue weighted by atomic mass is 32.2. The summed E-state index contributed by atoms with van der Waals surface area (Å²) in [7, 11) is -3.07. The van der Waals surface area contributed by atoms with Crippen molar-refractivity contribution in [3.63, 3.8) is 0 Å². The van der Waals surface area contributed by atoms with Crippen molar-refractivity contribution in [3.8, 4) is 0 Å².